The summed E-state index contributed by atoms with van der Waals surface area (Å²) in [5.74, 6) is 0.418. The van der Waals surface area contributed by atoms with Gasteiger partial charge < -0.3 is 9.84 Å². The number of aryl methyl sites for hydroxylation is 2. The highest BCUT2D eigenvalue weighted by atomic mass is 35.5. The molecule has 0 aliphatic carbocycles. The minimum atomic E-state index is -0.484. The predicted octanol–water partition coefficient (Wildman–Crippen LogP) is 1.91. The van der Waals surface area contributed by atoms with Gasteiger partial charge in [-0.2, -0.15) is 4.98 Å². The highest BCUT2D eigenvalue weighted by Gasteiger charge is 2.13. The number of rotatable bonds is 5. The molecule has 3 aromatic heterocycles. The highest BCUT2D eigenvalue weighted by Crippen LogP contribution is 2.19. The summed E-state index contributed by atoms with van der Waals surface area (Å²) >= 11 is 5.87. The summed E-state index contributed by atoms with van der Waals surface area (Å²) < 4.78 is 7.46. The Kier molecular flexibility index (Phi) is 5.38. The molecule has 11 heteroatoms. The Morgan fingerprint density at radius 3 is 2.65 bits per heavy atom. The summed E-state index contributed by atoms with van der Waals surface area (Å²) in [4.78, 5) is 45.1. The van der Waals surface area contributed by atoms with E-state index in [2.05, 4.69) is 20.4 Å². The van der Waals surface area contributed by atoms with Crippen molar-refractivity contribution in [2.75, 3.05) is 5.32 Å². The van der Waals surface area contributed by atoms with Crippen molar-refractivity contribution in [3.8, 4) is 11.4 Å². The first kappa shape index (κ1) is 20.5. The molecule has 4 aromatic rings. The van der Waals surface area contributed by atoms with Crippen LogP contribution < -0.4 is 16.6 Å². The van der Waals surface area contributed by atoms with Crippen molar-refractivity contribution in [3.63, 3.8) is 0 Å². The van der Waals surface area contributed by atoms with Gasteiger partial charge in [0.25, 0.3) is 5.56 Å². The van der Waals surface area contributed by atoms with E-state index in [0.717, 1.165) is 10.1 Å². The molecule has 4 rings (SSSR count). The maximum absolute atomic E-state index is 12.3. The average Bonchev–Trinajstić information content (AvgIpc) is 3.24. The van der Waals surface area contributed by atoms with Crippen LogP contribution in [0.2, 0.25) is 5.02 Å². The third kappa shape index (κ3) is 4.10. The number of carbonyl (C=O) groups excluding carboxylic acids is 1. The number of aromatic nitrogens is 5. The molecule has 0 atom stereocenters. The van der Waals surface area contributed by atoms with Crippen LogP contribution in [-0.2, 0) is 25.3 Å². The number of hydrogen-bond donors (Lipinski definition) is 1. The molecule has 0 aliphatic rings. The lowest BCUT2D eigenvalue weighted by Crippen LogP contribution is -2.37. The Labute approximate surface area is 180 Å². The fourth-order valence-corrected chi connectivity index (χ4v) is 3.18. The maximum atomic E-state index is 12.3. The summed E-state index contributed by atoms with van der Waals surface area (Å²) in [6, 6.07) is 8.49. The average molecular weight is 441 g/mol. The fraction of sp³-hybridized carbons (Fsp3) is 0.200. The van der Waals surface area contributed by atoms with E-state index in [-0.39, 0.29) is 29.8 Å². The van der Waals surface area contributed by atoms with Gasteiger partial charge in [0.1, 0.15) is 5.65 Å². The van der Waals surface area contributed by atoms with Crippen molar-refractivity contribution in [1.82, 2.24) is 24.3 Å². The maximum Gasteiger partial charge on any atom is 0.332 e. The molecule has 0 aliphatic heterocycles. The zero-order chi connectivity index (χ0) is 22.1. The molecule has 0 saturated carbocycles. The molecular formula is C20H17ClN6O4. The van der Waals surface area contributed by atoms with E-state index in [1.165, 1.54) is 30.9 Å². The summed E-state index contributed by atoms with van der Waals surface area (Å²) in [5.41, 5.74) is 0.385. The smallest absolute Gasteiger partial charge is 0.332 e. The van der Waals surface area contributed by atoms with Gasteiger partial charge in [-0.3, -0.25) is 18.7 Å². The van der Waals surface area contributed by atoms with Gasteiger partial charge in [-0.15, -0.1) is 0 Å². The van der Waals surface area contributed by atoms with E-state index in [1.807, 2.05) is 0 Å². The molecular weight excluding hydrogens is 424 g/mol. The van der Waals surface area contributed by atoms with Crippen LogP contribution in [0.4, 0.5) is 5.69 Å². The molecule has 3 heterocycles. The minimum Gasteiger partial charge on any atom is -0.339 e. The molecule has 1 N–H and O–H groups in total. The van der Waals surface area contributed by atoms with Crippen molar-refractivity contribution in [3.05, 3.63) is 68.3 Å². The summed E-state index contributed by atoms with van der Waals surface area (Å²) in [6.45, 7) is 0. The fourth-order valence-electron chi connectivity index (χ4n) is 3.05. The summed E-state index contributed by atoms with van der Waals surface area (Å²) in [6.07, 6.45) is 1.72. The Balaban J connectivity index is 1.45. The highest BCUT2D eigenvalue weighted by molar-refractivity contribution is 6.30. The zero-order valence-corrected chi connectivity index (χ0v) is 17.4. The van der Waals surface area contributed by atoms with Crippen molar-refractivity contribution in [1.29, 1.82) is 0 Å². The number of carbonyl (C=O) groups is 1. The largest absolute Gasteiger partial charge is 0.339 e. The Hall–Kier alpha value is -3.79. The number of nitrogens with zero attached hydrogens (tertiary/aromatic N) is 5. The first-order valence-corrected chi connectivity index (χ1v) is 9.65. The number of benzene rings is 1. The second kappa shape index (κ2) is 8.15. The third-order valence-electron chi connectivity index (χ3n) is 4.71. The lowest BCUT2D eigenvalue weighted by molar-refractivity contribution is -0.116. The van der Waals surface area contributed by atoms with Gasteiger partial charge in [0.2, 0.25) is 17.6 Å². The second-order valence-corrected chi connectivity index (χ2v) is 7.30. The van der Waals surface area contributed by atoms with Gasteiger partial charge in [0.05, 0.1) is 17.3 Å². The van der Waals surface area contributed by atoms with Gasteiger partial charge in [0.15, 0.2) is 0 Å². The van der Waals surface area contributed by atoms with E-state index in [1.54, 1.807) is 24.3 Å². The van der Waals surface area contributed by atoms with Crippen molar-refractivity contribution >= 4 is 34.2 Å². The zero-order valence-electron chi connectivity index (χ0n) is 16.6. The number of hydrogen-bond acceptors (Lipinski definition) is 7. The van der Waals surface area contributed by atoms with Crippen LogP contribution in [0.3, 0.4) is 0 Å². The number of anilines is 1. The van der Waals surface area contributed by atoms with E-state index >= 15 is 0 Å². The lowest BCUT2D eigenvalue weighted by Gasteiger charge is -2.09. The predicted molar refractivity (Wildman–Crippen MR) is 114 cm³/mol. The number of fused-ring (bicyclic) bond motifs is 1. The first-order chi connectivity index (χ1) is 14.8. The Morgan fingerprint density at radius 1 is 1.16 bits per heavy atom. The van der Waals surface area contributed by atoms with Crippen LogP contribution in [0.5, 0.6) is 0 Å². The van der Waals surface area contributed by atoms with Gasteiger partial charge in [0, 0.05) is 37.5 Å². The van der Waals surface area contributed by atoms with Crippen LogP contribution in [0.1, 0.15) is 12.3 Å². The topological polar surface area (TPSA) is 125 Å². The monoisotopic (exact) mass is 440 g/mol. The molecule has 0 saturated heterocycles. The molecule has 0 spiro atoms. The van der Waals surface area contributed by atoms with E-state index < -0.39 is 11.2 Å². The van der Waals surface area contributed by atoms with Crippen LogP contribution in [0.25, 0.3) is 22.4 Å². The normalized spacial score (nSPS) is 11.1. The quantitative estimate of drug-likeness (QED) is 0.502. The van der Waals surface area contributed by atoms with Crippen LogP contribution in [0.15, 0.2) is 50.6 Å². The van der Waals surface area contributed by atoms with Crippen molar-refractivity contribution < 1.29 is 9.32 Å². The molecule has 10 nitrogen and oxygen atoms in total. The van der Waals surface area contributed by atoms with E-state index in [4.69, 9.17) is 16.1 Å². The standard InChI is InChI=1S/C20H17ClN6O4/c1-26-18-14(19(29)27(2)20(26)30)9-13(10-22-18)23-15(28)7-8-16-24-17(25-31-16)11-3-5-12(21)6-4-11/h3-6,9-10H,7-8H2,1-2H3,(H,23,28). The molecule has 31 heavy (non-hydrogen) atoms. The molecule has 1 amide bonds. The van der Waals surface area contributed by atoms with Gasteiger partial charge in [-0.05, 0) is 30.3 Å². The van der Waals surface area contributed by atoms with Gasteiger partial charge >= 0.3 is 5.69 Å². The van der Waals surface area contributed by atoms with Crippen molar-refractivity contribution in [2.45, 2.75) is 12.8 Å². The van der Waals surface area contributed by atoms with Crippen LogP contribution in [-0.4, -0.2) is 30.2 Å². The Morgan fingerprint density at radius 2 is 1.90 bits per heavy atom. The molecule has 0 bridgehead atoms. The molecule has 0 radical (unpaired) electrons. The summed E-state index contributed by atoms with van der Waals surface area (Å²) in [7, 11) is 2.91. The second-order valence-electron chi connectivity index (χ2n) is 6.87. The number of nitrogens with one attached hydrogen (secondary N) is 1. The molecule has 1 aromatic carbocycles. The molecule has 0 fully saturated rings. The van der Waals surface area contributed by atoms with Gasteiger partial charge in [-0.1, -0.05) is 16.8 Å². The van der Waals surface area contributed by atoms with E-state index in [0.29, 0.717) is 22.4 Å². The SMILES string of the molecule is Cn1c(=O)c2cc(NC(=O)CCc3nc(-c4ccc(Cl)cc4)no3)cnc2n(C)c1=O. The Bertz CT molecular complexity index is 1400. The van der Waals surface area contributed by atoms with Gasteiger partial charge in [-0.25, -0.2) is 9.78 Å². The first-order valence-electron chi connectivity index (χ1n) is 9.27. The number of halogens is 1. The molecule has 0 unspecified atom stereocenters. The lowest BCUT2D eigenvalue weighted by atomic mass is 10.2. The van der Waals surface area contributed by atoms with Crippen LogP contribution >= 0.6 is 11.6 Å². The molecule has 158 valence electrons. The third-order valence-corrected chi connectivity index (χ3v) is 4.97. The number of amides is 1. The number of pyridine rings is 1. The van der Waals surface area contributed by atoms with Crippen LogP contribution in [0, 0.1) is 0 Å². The minimum absolute atomic E-state index is 0.0889. The van der Waals surface area contributed by atoms with Crippen molar-refractivity contribution in [2.24, 2.45) is 14.1 Å². The summed E-state index contributed by atoms with van der Waals surface area (Å²) in [5, 5.41) is 7.43. The van der Waals surface area contributed by atoms with E-state index in [9.17, 15) is 14.4 Å².